The summed E-state index contributed by atoms with van der Waals surface area (Å²) in [5.41, 5.74) is -0.246. The first-order chi connectivity index (χ1) is 11.4. The molecule has 0 bridgehead atoms. The molecule has 1 heterocycles. The molecular formula is C17H21F2N3O2. The summed E-state index contributed by atoms with van der Waals surface area (Å²) < 4.78 is 26.7. The first-order valence-corrected chi connectivity index (χ1v) is 8.18. The van der Waals surface area contributed by atoms with Crippen molar-refractivity contribution in [2.75, 3.05) is 25.5 Å². The Morgan fingerprint density at radius 3 is 2.58 bits per heavy atom. The minimum atomic E-state index is -0.819. The number of hydrogen-bond donors (Lipinski definition) is 2. The fourth-order valence-electron chi connectivity index (χ4n) is 4.03. The molecule has 7 heteroatoms. The van der Waals surface area contributed by atoms with E-state index in [9.17, 15) is 18.4 Å². The van der Waals surface area contributed by atoms with Gasteiger partial charge in [0, 0.05) is 31.6 Å². The third kappa shape index (κ3) is 2.95. The average molecular weight is 337 g/mol. The van der Waals surface area contributed by atoms with Crippen LogP contribution in [-0.2, 0) is 4.79 Å². The summed E-state index contributed by atoms with van der Waals surface area (Å²) in [6.07, 6.45) is 3.94. The quantitative estimate of drug-likeness (QED) is 0.872. The van der Waals surface area contributed by atoms with Crippen LogP contribution in [0.5, 0.6) is 0 Å². The zero-order valence-corrected chi connectivity index (χ0v) is 13.6. The van der Waals surface area contributed by atoms with Crippen LogP contribution in [0.1, 0.15) is 25.7 Å². The van der Waals surface area contributed by atoms with Gasteiger partial charge in [0.15, 0.2) is 0 Å². The molecule has 130 valence electrons. The predicted molar refractivity (Wildman–Crippen MR) is 85.4 cm³/mol. The second kappa shape index (κ2) is 6.37. The van der Waals surface area contributed by atoms with Crippen molar-refractivity contribution in [1.82, 2.24) is 10.2 Å². The van der Waals surface area contributed by atoms with Crippen molar-refractivity contribution in [3.63, 3.8) is 0 Å². The Balaban J connectivity index is 1.75. The lowest BCUT2D eigenvalue weighted by Gasteiger charge is -2.28. The Kier molecular flexibility index (Phi) is 4.43. The van der Waals surface area contributed by atoms with Gasteiger partial charge >= 0.3 is 6.03 Å². The van der Waals surface area contributed by atoms with Crippen LogP contribution in [0.2, 0.25) is 0 Å². The van der Waals surface area contributed by atoms with Gasteiger partial charge in [-0.1, -0.05) is 12.8 Å². The fraction of sp³-hybridized carbons (Fsp3) is 0.529. The number of rotatable bonds is 2. The van der Waals surface area contributed by atoms with Crippen molar-refractivity contribution < 1.29 is 18.4 Å². The molecule has 0 aromatic heterocycles. The Morgan fingerprint density at radius 1 is 1.25 bits per heavy atom. The average Bonchev–Trinajstić information content (AvgIpc) is 3.17. The lowest BCUT2D eigenvalue weighted by Crippen LogP contribution is -2.38. The molecule has 2 N–H and O–H groups in total. The fourth-order valence-corrected chi connectivity index (χ4v) is 4.03. The first-order valence-electron chi connectivity index (χ1n) is 8.18. The number of urea groups is 1. The molecule has 1 atom stereocenters. The van der Waals surface area contributed by atoms with Crippen LogP contribution in [0, 0.1) is 23.0 Å². The molecule has 1 aromatic rings. The van der Waals surface area contributed by atoms with Crippen molar-refractivity contribution in [2.45, 2.75) is 25.7 Å². The van der Waals surface area contributed by atoms with Crippen molar-refractivity contribution in [2.24, 2.45) is 11.3 Å². The maximum Gasteiger partial charge on any atom is 0.321 e. The van der Waals surface area contributed by atoms with E-state index >= 15 is 0 Å². The van der Waals surface area contributed by atoms with Crippen LogP contribution in [0.4, 0.5) is 19.3 Å². The summed E-state index contributed by atoms with van der Waals surface area (Å²) in [6.45, 7) is 0.800. The van der Waals surface area contributed by atoms with E-state index in [4.69, 9.17) is 0 Å². The lowest BCUT2D eigenvalue weighted by molar-refractivity contribution is -0.127. The number of amides is 3. The molecule has 1 saturated carbocycles. The van der Waals surface area contributed by atoms with Crippen molar-refractivity contribution in [3.8, 4) is 0 Å². The first kappa shape index (κ1) is 16.7. The van der Waals surface area contributed by atoms with Gasteiger partial charge in [-0.15, -0.1) is 0 Å². The van der Waals surface area contributed by atoms with Crippen LogP contribution in [0.3, 0.4) is 0 Å². The molecule has 24 heavy (non-hydrogen) atoms. The maximum absolute atomic E-state index is 13.7. The minimum Gasteiger partial charge on any atom is -0.359 e. The van der Waals surface area contributed by atoms with Crippen LogP contribution in [0.15, 0.2) is 18.2 Å². The molecule has 3 rings (SSSR count). The number of anilines is 1. The maximum atomic E-state index is 13.7. The SMILES string of the molecule is CNC(=O)C1CN(C(=O)Nc2ccc(F)cc2F)CC12CCCC2. The van der Waals surface area contributed by atoms with Crippen molar-refractivity contribution in [1.29, 1.82) is 0 Å². The molecule has 2 aliphatic rings. The second-order valence-electron chi connectivity index (χ2n) is 6.67. The molecule has 1 saturated heterocycles. The lowest BCUT2D eigenvalue weighted by atomic mass is 9.76. The van der Waals surface area contributed by atoms with E-state index in [2.05, 4.69) is 10.6 Å². The van der Waals surface area contributed by atoms with Gasteiger partial charge in [0.25, 0.3) is 0 Å². The van der Waals surface area contributed by atoms with Crippen molar-refractivity contribution >= 4 is 17.6 Å². The largest absolute Gasteiger partial charge is 0.359 e. The van der Waals surface area contributed by atoms with Crippen LogP contribution >= 0.6 is 0 Å². The summed E-state index contributed by atoms with van der Waals surface area (Å²) >= 11 is 0. The number of nitrogens with zero attached hydrogens (tertiary/aromatic N) is 1. The van der Waals surface area contributed by atoms with E-state index in [1.807, 2.05) is 0 Å². The normalized spacial score (nSPS) is 22.0. The van der Waals surface area contributed by atoms with E-state index < -0.39 is 17.7 Å². The van der Waals surface area contributed by atoms with Crippen LogP contribution in [0.25, 0.3) is 0 Å². The number of carbonyl (C=O) groups is 2. The molecule has 3 amide bonds. The Hall–Kier alpha value is -2.18. The molecule has 1 spiro atoms. The van der Waals surface area contributed by atoms with Gasteiger partial charge < -0.3 is 15.5 Å². The summed E-state index contributed by atoms with van der Waals surface area (Å²) in [7, 11) is 1.60. The third-order valence-electron chi connectivity index (χ3n) is 5.27. The Morgan fingerprint density at radius 2 is 1.96 bits per heavy atom. The minimum absolute atomic E-state index is 0.0554. The molecule has 1 unspecified atom stereocenters. The third-order valence-corrected chi connectivity index (χ3v) is 5.27. The van der Waals surface area contributed by atoms with Gasteiger partial charge in [-0.2, -0.15) is 0 Å². The van der Waals surface area contributed by atoms with Crippen LogP contribution in [-0.4, -0.2) is 37.0 Å². The van der Waals surface area contributed by atoms with Crippen LogP contribution < -0.4 is 10.6 Å². The van der Waals surface area contributed by atoms with Gasteiger partial charge in [0.2, 0.25) is 5.91 Å². The molecule has 2 fully saturated rings. The molecular weight excluding hydrogens is 316 g/mol. The summed E-state index contributed by atoms with van der Waals surface area (Å²) in [4.78, 5) is 26.3. The Labute approximate surface area is 139 Å². The topological polar surface area (TPSA) is 61.4 Å². The number of nitrogens with one attached hydrogen (secondary N) is 2. The highest BCUT2D eigenvalue weighted by atomic mass is 19.1. The molecule has 1 aromatic carbocycles. The highest BCUT2D eigenvalue weighted by Crippen LogP contribution is 2.49. The molecule has 0 radical (unpaired) electrons. The number of carbonyl (C=O) groups excluding carboxylic acids is 2. The van der Waals surface area contributed by atoms with Gasteiger partial charge in [0.05, 0.1) is 11.6 Å². The highest BCUT2D eigenvalue weighted by molar-refractivity contribution is 5.91. The summed E-state index contributed by atoms with van der Waals surface area (Å²) in [5.74, 6) is -1.81. The van der Waals surface area contributed by atoms with Gasteiger partial charge in [-0.3, -0.25) is 4.79 Å². The monoisotopic (exact) mass is 337 g/mol. The van der Waals surface area contributed by atoms with Gasteiger partial charge in [0.1, 0.15) is 11.6 Å². The number of hydrogen-bond acceptors (Lipinski definition) is 2. The number of halogens is 2. The summed E-state index contributed by atoms with van der Waals surface area (Å²) in [6, 6.07) is 2.55. The number of benzene rings is 1. The molecule has 1 aliphatic heterocycles. The predicted octanol–water partition coefficient (Wildman–Crippen LogP) is 2.73. The zero-order valence-electron chi connectivity index (χ0n) is 13.6. The van der Waals surface area contributed by atoms with E-state index in [1.165, 1.54) is 6.07 Å². The summed E-state index contributed by atoms with van der Waals surface area (Å²) in [5, 5.41) is 5.16. The standard InChI is InChI=1S/C17H21F2N3O2/c1-20-15(23)12-9-22(10-17(12)6-2-3-7-17)16(24)21-14-5-4-11(18)8-13(14)19/h4-5,8,12H,2-3,6-7,9-10H2,1H3,(H,20,23)(H,21,24). The molecule has 1 aliphatic carbocycles. The van der Waals surface area contributed by atoms with Gasteiger partial charge in [-0.25, -0.2) is 13.6 Å². The Bertz CT molecular complexity index is 659. The van der Waals surface area contributed by atoms with E-state index in [0.29, 0.717) is 13.1 Å². The van der Waals surface area contributed by atoms with E-state index in [1.54, 1.807) is 11.9 Å². The zero-order chi connectivity index (χ0) is 17.3. The van der Waals surface area contributed by atoms with Gasteiger partial charge in [-0.05, 0) is 25.0 Å². The smallest absolute Gasteiger partial charge is 0.321 e. The van der Waals surface area contributed by atoms with E-state index in [-0.39, 0.29) is 22.9 Å². The van der Waals surface area contributed by atoms with Crippen molar-refractivity contribution in [3.05, 3.63) is 29.8 Å². The van der Waals surface area contributed by atoms with E-state index in [0.717, 1.165) is 37.8 Å². The second-order valence-corrected chi connectivity index (χ2v) is 6.67. The number of likely N-dealkylation sites (tertiary alicyclic amines) is 1. The highest BCUT2D eigenvalue weighted by Gasteiger charge is 2.52. The molecule has 5 nitrogen and oxygen atoms in total.